The lowest BCUT2D eigenvalue weighted by Gasteiger charge is -2.12. The molecule has 1 rings (SSSR count). The highest BCUT2D eigenvalue weighted by molar-refractivity contribution is 7.89. The molecule has 0 aliphatic rings. The van der Waals surface area contributed by atoms with Crippen LogP contribution in [0.1, 0.15) is 13.8 Å². The normalized spacial score (nSPS) is 13.4. The molecule has 96 valence electrons. The van der Waals surface area contributed by atoms with E-state index in [-0.39, 0.29) is 17.5 Å². The van der Waals surface area contributed by atoms with Crippen molar-refractivity contribution in [3.63, 3.8) is 0 Å². The molecular weight excluding hydrogens is 240 g/mol. The highest BCUT2D eigenvalue weighted by atomic mass is 32.2. The Balaban J connectivity index is 2.94. The number of sulfonamides is 1. The number of rotatable bonds is 6. The van der Waals surface area contributed by atoms with Crippen molar-refractivity contribution in [3.8, 4) is 5.75 Å². The summed E-state index contributed by atoms with van der Waals surface area (Å²) in [5.74, 6) is 0.538. The van der Waals surface area contributed by atoms with Crippen LogP contribution in [0.15, 0.2) is 29.2 Å². The van der Waals surface area contributed by atoms with Crippen LogP contribution in [0.3, 0.4) is 0 Å². The van der Waals surface area contributed by atoms with Gasteiger partial charge in [0.05, 0.1) is 11.5 Å². The first-order valence-electron chi connectivity index (χ1n) is 5.45. The molecule has 0 aromatic heterocycles. The lowest BCUT2D eigenvalue weighted by molar-refractivity contribution is 0.339. The van der Waals surface area contributed by atoms with E-state index in [0.717, 1.165) is 0 Å². The van der Waals surface area contributed by atoms with Gasteiger partial charge in [-0.3, -0.25) is 0 Å². The molecule has 6 heteroatoms. The summed E-state index contributed by atoms with van der Waals surface area (Å²) in [5.41, 5.74) is 5.38. The lowest BCUT2D eigenvalue weighted by atomic mass is 10.3. The SMILES string of the molecule is CCOc1cccc(S(=O)(=O)N[C@@H](C)CN)c1. The monoisotopic (exact) mass is 258 g/mol. The van der Waals surface area contributed by atoms with Gasteiger partial charge < -0.3 is 10.5 Å². The van der Waals surface area contributed by atoms with Crippen LogP contribution in [-0.4, -0.2) is 27.6 Å². The maximum atomic E-state index is 11.9. The minimum atomic E-state index is -3.52. The summed E-state index contributed by atoms with van der Waals surface area (Å²) in [7, 11) is -3.52. The van der Waals surface area contributed by atoms with Crippen molar-refractivity contribution in [3.05, 3.63) is 24.3 Å². The van der Waals surface area contributed by atoms with Crippen molar-refractivity contribution in [1.29, 1.82) is 0 Å². The van der Waals surface area contributed by atoms with E-state index in [1.54, 1.807) is 19.1 Å². The largest absolute Gasteiger partial charge is 0.494 e. The van der Waals surface area contributed by atoms with Gasteiger partial charge in [-0.15, -0.1) is 0 Å². The number of ether oxygens (including phenoxy) is 1. The number of nitrogens with one attached hydrogen (secondary N) is 1. The minimum absolute atomic E-state index is 0.184. The molecule has 3 N–H and O–H groups in total. The van der Waals surface area contributed by atoms with Gasteiger partial charge >= 0.3 is 0 Å². The number of hydrogen-bond acceptors (Lipinski definition) is 4. The highest BCUT2D eigenvalue weighted by Crippen LogP contribution is 2.17. The third-order valence-electron chi connectivity index (χ3n) is 2.14. The number of nitrogens with two attached hydrogens (primary N) is 1. The first kappa shape index (κ1) is 14.0. The Bertz CT molecular complexity index is 460. The molecule has 0 saturated heterocycles. The van der Waals surface area contributed by atoms with Gasteiger partial charge in [-0.1, -0.05) is 6.07 Å². The minimum Gasteiger partial charge on any atom is -0.494 e. The van der Waals surface area contributed by atoms with Crippen LogP contribution in [0.25, 0.3) is 0 Å². The second-order valence-electron chi connectivity index (χ2n) is 3.67. The van der Waals surface area contributed by atoms with E-state index in [1.807, 2.05) is 6.92 Å². The molecule has 0 spiro atoms. The van der Waals surface area contributed by atoms with Gasteiger partial charge in [-0.25, -0.2) is 13.1 Å². The third kappa shape index (κ3) is 3.99. The first-order valence-corrected chi connectivity index (χ1v) is 6.93. The fraction of sp³-hybridized carbons (Fsp3) is 0.455. The Morgan fingerprint density at radius 3 is 2.76 bits per heavy atom. The smallest absolute Gasteiger partial charge is 0.240 e. The van der Waals surface area contributed by atoms with Gasteiger partial charge in [0.2, 0.25) is 10.0 Å². The van der Waals surface area contributed by atoms with Crippen molar-refractivity contribution in [1.82, 2.24) is 4.72 Å². The standard InChI is InChI=1S/C11H18N2O3S/c1-3-16-10-5-4-6-11(7-10)17(14,15)13-9(2)8-12/h4-7,9,13H,3,8,12H2,1-2H3/t9-/m0/s1. The summed E-state index contributed by atoms with van der Waals surface area (Å²) in [6, 6.07) is 6.08. The molecular formula is C11H18N2O3S. The van der Waals surface area contributed by atoms with E-state index in [4.69, 9.17) is 10.5 Å². The third-order valence-corrected chi connectivity index (χ3v) is 3.72. The summed E-state index contributed by atoms with van der Waals surface area (Å²) >= 11 is 0. The molecule has 0 radical (unpaired) electrons. The molecule has 0 heterocycles. The molecule has 1 atom stereocenters. The van der Waals surface area contributed by atoms with E-state index < -0.39 is 10.0 Å². The highest BCUT2D eigenvalue weighted by Gasteiger charge is 2.16. The molecule has 0 saturated carbocycles. The number of benzene rings is 1. The Morgan fingerprint density at radius 2 is 2.18 bits per heavy atom. The topological polar surface area (TPSA) is 81.4 Å². The van der Waals surface area contributed by atoms with Gasteiger partial charge in [0.15, 0.2) is 0 Å². The van der Waals surface area contributed by atoms with Crippen molar-refractivity contribution >= 4 is 10.0 Å². The van der Waals surface area contributed by atoms with Crippen LogP contribution < -0.4 is 15.2 Å². The van der Waals surface area contributed by atoms with Crippen molar-refractivity contribution in [2.75, 3.05) is 13.2 Å². The predicted molar refractivity (Wildman–Crippen MR) is 66.4 cm³/mol. The zero-order chi connectivity index (χ0) is 12.9. The molecule has 0 bridgehead atoms. The lowest BCUT2D eigenvalue weighted by Crippen LogP contribution is -2.37. The fourth-order valence-corrected chi connectivity index (χ4v) is 2.57. The van der Waals surface area contributed by atoms with Gasteiger partial charge in [-0.05, 0) is 26.0 Å². The van der Waals surface area contributed by atoms with Crippen molar-refractivity contribution < 1.29 is 13.2 Å². The van der Waals surface area contributed by atoms with Crippen LogP contribution >= 0.6 is 0 Å². The molecule has 1 aromatic rings. The van der Waals surface area contributed by atoms with Gasteiger partial charge in [0, 0.05) is 18.7 Å². The van der Waals surface area contributed by atoms with Gasteiger partial charge in [-0.2, -0.15) is 0 Å². The Labute approximate surface area is 102 Å². The van der Waals surface area contributed by atoms with E-state index in [0.29, 0.717) is 12.4 Å². The van der Waals surface area contributed by atoms with E-state index in [2.05, 4.69) is 4.72 Å². The average molecular weight is 258 g/mol. The molecule has 1 aromatic carbocycles. The fourth-order valence-electron chi connectivity index (χ4n) is 1.28. The zero-order valence-electron chi connectivity index (χ0n) is 10.0. The maximum Gasteiger partial charge on any atom is 0.240 e. The van der Waals surface area contributed by atoms with Crippen LogP contribution in [-0.2, 0) is 10.0 Å². The molecule has 0 aliphatic heterocycles. The summed E-state index contributed by atoms with van der Waals surface area (Å²) in [5, 5.41) is 0. The molecule has 0 fully saturated rings. The van der Waals surface area contributed by atoms with Crippen LogP contribution in [0.5, 0.6) is 5.75 Å². The Kier molecular flexibility index (Phi) is 4.92. The summed E-state index contributed by atoms with van der Waals surface area (Å²) in [6.45, 7) is 4.31. The predicted octanol–water partition coefficient (Wildman–Crippen LogP) is 0.711. The Morgan fingerprint density at radius 1 is 1.47 bits per heavy atom. The van der Waals surface area contributed by atoms with Crippen LogP contribution in [0.2, 0.25) is 0 Å². The quantitative estimate of drug-likeness (QED) is 0.787. The maximum absolute atomic E-state index is 11.9. The second kappa shape index (κ2) is 6.00. The van der Waals surface area contributed by atoms with Crippen molar-refractivity contribution in [2.45, 2.75) is 24.8 Å². The van der Waals surface area contributed by atoms with E-state index in [1.165, 1.54) is 12.1 Å². The van der Waals surface area contributed by atoms with E-state index >= 15 is 0 Å². The van der Waals surface area contributed by atoms with Crippen LogP contribution in [0.4, 0.5) is 0 Å². The molecule has 0 aliphatic carbocycles. The van der Waals surface area contributed by atoms with Gasteiger partial charge in [0.25, 0.3) is 0 Å². The first-order chi connectivity index (χ1) is 7.99. The molecule has 0 unspecified atom stereocenters. The van der Waals surface area contributed by atoms with Crippen molar-refractivity contribution in [2.24, 2.45) is 5.73 Å². The van der Waals surface area contributed by atoms with E-state index in [9.17, 15) is 8.42 Å². The molecule has 5 nitrogen and oxygen atoms in total. The summed E-state index contributed by atoms with van der Waals surface area (Å²) < 4.78 is 31.6. The average Bonchev–Trinajstić information content (AvgIpc) is 2.29. The Hall–Kier alpha value is -1.11. The summed E-state index contributed by atoms with van der Waals surface area (Å²) in [4.78, 5) is 0.184. The molecule has 0 amide bonds. The molecule has 17 heavy (non-hydrogen) atoms. The van der Waals surface area contributed by atoms with Gasteiger partial charge in [0.1, 0.15) is 5.75 Å². The van der Waals surface area contributed by atoms with Crippen LogP contribution in [0, 0.1) is 0 Å². The zero-order valence-corrected chi connectivity index (χ0v) is 10.8. The second-order valence-corrected chi connectivity index (χ2v) is 5.38. The summed E-state index contributed by atoms with van der Waals surface area (Å²) in [6.07, 6.45) is 0. The number of hydrogen-bond donors (Lipinski definition) is 2.